The first-order valence-corrected chi connectivity index (χ1v) is 14.2. The fourth-order valence-corrected chi connectivity index (χ4v) is 5.93. The minimum atomic E-state index is -0.550. The number of nitrogens with zero attached hydrogens (tertiary/aromatic N) is 3. The van der Waals surface area contributed by atoms with Crippen molar-refractivity contribution in [3.63, 3.8) is 0 Å². The molecular formula is C33H41N3O2. The molecule has 1 aromatic heterocycles. The lowest BCUT2D eigenvalue weighted by atomic mass is 9.83. The van der Waals surface area contributed by atoms with Crippen molar-refractivity contribution in [1.29, 1.82) is 0 Å². The number of aliphatic hydroxyl groups excluding tert-OH is 1. The zero-order valence-electron chi connectivity index (χ0n) is 22.6. The van der Waals surface area contributed by atoms with E-state index in [4.69, 9.17) is 4.74 Å². The van der Waals surface area contributed by atoms with Gasteiger partial charge in [-0.2, -0.15) is 0 Å². The summed E-state index contributed by atoms with van der Waals surface area (Å²) in [6.45, 7) is 6.08. The van der Waals surface area contributed by atoms with E-state index < -0.39 is 6.10 Å². The third-order valence-corrected chi connectivity index (χ3v) is 8.00. The molecular weight excluding hydrogens is 470 g/mol. The highest BCUT2D eigenvalue weighted by molar-refractivity contribution is 5.71. The molecule has 1 aliphatic heterocycles. The molecule has 5 heteroatoms. The maximum atomic E-state index is 10.9. The van der Waals surface area contributed by atoms with E-state index in [0.29, 0.717) is 18.5 Å². The van der Waals surface area contributed by atoms with E-state index in [1.807, 2.05) is 54.6 Å². The number of benzene rings is 2. The summed E-state index contributed by atoms with van der Waals surface area (Å²) in [6, 6.07) is 23.2. The topological polar surface area (TPSA) is 48.8 Å². The SMILES string of the molecule is CC1CN(c2ccccc2C2CCCCC2)CCN1CC(O)COc1ccccc1/C=C/c1ccccn1. The third kappa shape index (κ3) is 6.83. The Morgan fingerprint density at radius 3 is 2.55 bits per heavy atom. The van der Waals surface area contributed by atoms with Gasteiger partial charge >= 0.3 is 0 Å². The number of rotatable bonds is 9. The average molecular weight is 512 g/mol. The summed E-state index contributed by atoms with van der Waals surface area (Å²) in [7, 11) is 0. The van der Waals surface area contributed by atoms with Crippen LogP contribution in [-0.2, 0) is 0 Å². The van der Waals surface area contributed by atoms with E-state index in [1.54, 1.807) is 6.20 Å². The highest BCUT2D eigenvalue weighted by Crippen LogP contribution is 2.38. The zero-order chi connectivity index (χ0) is 26.2. The van der Waals surface area contributed by atoms with Crippen molar-refractivity contribution in [3.8, 4) is 5.75 Å². The second-order valence-corrected chi connectivity index (χ2v) is 10.8. The number of anilines is 1. The van der Waals surface area contributed by atoms with Crippen LogP contribution < -0.4 is 9.64 Å². The van der Waals surface area contributed by atoms with E-state index in [2.05, 4.69) is 46.0 Å². The van der Waals surface area contributed by atoms with Crippen molar-refractivity contribution in [2.24, 2.45) is 0 Å². The molecule has 0 bridgehead atoms. The molecule has 0 spiro atoms. The molecule has 200 valence electrons. The molecule has 1 saturated heterocycles. The molecule has 1 aliphatic carbocycles. The van der Waals surface area contributed by atoms with Crippen LogP contribution in [0.1, 0.15) is 61.8 Å². The first-order chi connectivity index (χ1) is 18.7. The Morgan fingerprint density at radius 1 is 0.947 bits per heavy atom. The van der Waals surface area contributed by atoms with Crippen molar-refractivity contribution in [2.75, 3.05) is 37.7 Å². The van der Waals surface area contributed by atoms with Crippen LogP contribution in [0.2, 0.25) is 0 Å². The van der Waals surface area contributed by atoms with Crippen molar-refractivity contribution >= 4 is 17.8 Å². The fraction of sp³-hybridized carbons (Fsp3) is 0.424. The zero-order valence-corrected chi connectivity index (χ0v) is 22.6. The molecule has 2 aliphatic rings. The molecule has 3 aromatic rings. The molecule has 5 nitrogen and oxygen atoms in total. The minimum absolute atomic E-state index is 0.270. The van der Waals surface area contributed by atoms with Crippen molar-refractivity contribution in [3.05, 3.63) is 89.7 Å². The van der Waals surface area contributed by atoms with Gasteiger partial charge in [-0.05, 0) is 67.7 Å². The predicted octanol–water partition coefficient (Wildman–Crippen LogP) is 6.25. The van der Waals surface area contributed by atoms with Gasteiger partial charge in [0.05, 0.1) is 5.69 Å². The summed E-state index contributed by atoms with van der Waals surface area (Å²) in [5, 5.41) is 10.9. The lowest BCUT2D eigenvalue weighted by molar-refractivity contribution is 0.0511. The molecule has 0 radical (unpaired) electrons. The highest BCUT2D eigenvalue weighted by atomic mass is 16.5. The van der Waals surface area contributed by atoms with Crippen LogP contribution in [0.5, 0.6) is 5.75 Å². The summed E-state index contributed by atoms with van der Waals surface area (Å²) in [4.78, 5) is 9.32. The van der Waals surface area contributed by atoms with Crippen molar-refractivity contribution < 1.29 is 9.84 Å². The number of para-hydroxylation sites is 2. The van der Waals surface area contributed by atoms with Gasteiger partial charge < -0.3 is 14.7 Å². The third-order valence-electron chi connectivity index (χ3n) is 8.00. The largest absolute Gasteiger partial charge is 0.490 e. The maximum absolute atomic E-state index is 10.9. The standard InChI is InChI=1S/C33H41N3O2/c1-26-23-36(32-16-7-6-15-31(32)27-11-3-2-4-12-27)22-21-35(26)24-30(37)25-38-33-17-8-5-13-28(33)18-19-29-14-9-10-20-34-29/h5-10,13-20,26-27,30,37H,2-4,11-12,21-25H2,1H3/b19-18+. The van der Waals surface area contributed by atoms with Crippen LogP contribution in [-0.4, -0.2) is 59.9 Å². The highest BCUT2D eigenvalue weighted by Gasteiger charge is 2.28. The molecule has 2 atom stereocenters. The number of β-amino-alcohol motifs (C(OH)–C–C–N with tert-alkyl or cyclic N) is 1. The summed E-state index contributed by atoms with van der Waals surface area (Å²) in [5.74, 6) is 1.48. The molecule has 2 unspecified atom stereocenters. The van der Waals surface area contributed by atoms with Crippen molar-refractivity contribution in [2.45, 2.75) is 57.1 Å². The Bertz CT molecular complexity index is 1180. The molecule has 2 fully saturated rings. The van der Waals surface area contributed by atoms with E-state index in [9.17, 15) is 5.11 Å². The second-order valence-electron chi connectivity index (χ2n) is 10.8. The molecule has 2 aromatic carbocycles. The van der Waals surface area contributed by atoms with Gasteiger partial charge in [-0.15, -0.1) is 0 Å². The summed E-state index contributed by atoms with van der Waals surface area (Å²) in [5.41, 5.74) is 4.84. The number of hydrogen-bond acceptors (Lipinski definition) is 5. The first-order valence-electron chi connectivity index (χ1n) is 14.2. The Balaban J connectivity index is 1.15. The molecule has 5 rings (SSSR count). The monoisotopic (exact) mass is 511 g/mol. The van der Waals surface area contributed by atoms with Gasteiger partial charge in [0.15, 0.2) is 0 Å². The normalized spacial score (nSPS) is 20.1. The van der Waals surface area contributed by atoms with Gasteiger partial charge in [0, 0.05) is 49.7 Å². The van der Waals surface area contributed by atoms with E-state index in [-0.39, 0.29) is 6.61 Å². The summed E-state index contributed by atoms with van der Waals surface area (Å²) >= 11 is 0. The molecule has 2 heterocycles. The number of aromatic nitrogens is 1. The molecule has 38 heavy (non-hydrogen) atoms. The van der Waals surface area contributed by atoms with Crippen LogP contribution in [0.3, 0.4) is 0 Å². The van der Waals surface area contributed by atoms with Gasteiger partial charge in [0.2, 0.25) is 0 Å². The fourth-order valence-electron chi connectivity index (χ4n) is 5.93. The van der Waals surface area contributed by atoms with Gasteiger partial charge in [0.25, 0.3) is 0 Å². The Morgan fingerprint density at radius 2 is 1.74 bits per heavy atom. The predicted molar refractivity (Wildman–Crippen MR) is 157 cm³/mol. The average Bonchev–Trinajstić information content (AvgIpc) is 2.97. The Hall–Kier alpha value is -3.15. The number of piperazine rings is 1. The van der Waals surface area contributed by atoms with Crippen LogP contribution >= 0.6 is 0 Å². The lowest BCUT2D eigenvalue weighted by Crippen LogP contribution is -2.54. The van der Waals surface area contributed by atoms with Gasteiger partial charge in [-0.1, -0.05) is 61.7 Å². The van der Waals surface area contributed by atoms with Crippen LogP contribution in [0.25, 0.3) is 12.2 Å². The lowest BCUT2D eigenvalue weighted by Gasteiger charge is -2.43. The number of hydrogen-bond donors (Lipinski definition) is 1. The Kier molecular flexibility index (Phi) is 9.11. The number of pyridine rings is 1. The second kappa shape index (κ2) is 13.1. The smallest absolute Gasteiger partial charge is 0.126 e. The van der Waals surface area contributed by atoms with E-state index in [0.717, 1.165) is 36.6 Å². The maximum Gasteiger partial charge on any atom is 0.126 e. The van der Waals surface area contributed by atoms with Gasteiger partial charge in [-0.3, -0.25) is 9.88 Å². The van der Waals surface area contributed by atoms with E-state index in [1.165, 1.54) is 43.4 Å². The number of ether oxygens (including phenoxy) is 1. The summed E-state index contributed by atoms with van der Waals surface area (Å²) < 4.78 is 6.08. The van der Waals surface area contributed by atoms with Crippen LogP contribution in [0.15, 0.2) is 72.9 Å². The number of aliphatic hydroxyl groups is 1. The molecule has 0 amide bonds. The van der Waals surface area contributed by atoms with Gasteiger partial charge in [0.1, 0.15) is 18.5 Å². The molecule has 1 N–H and O–H groups in total. The molecule has 1 saturated carbocycles. The summed E-state index contributed by atoms with van der Waals surface area (Å²) in [6.07, 6.45) is 12.0. The van der Waals surface area contributed by atoms with Crippen LogP contribution in [0, 0.1) is 0 Å². The quantitative estimate of drug-likeness (QED) is 0.368. The van der Waals surface area contributed by atoms with Gasteiger partial charge in [-0.25, -0.2) is 0 Å². The Labute approximate surface area is 227 Å². The first kappa shape index (κ1) is 26.5. The van der Waals surface area contributed by atoms with Crippen LogP contribution in [0.4, 0.5) is 5.69 Å². The minimum Gasteiger partial charge on any atom is -0.490 e. The van der Waals surface area contributed by atoms with Crippen molar-refractivity contribution in [1.82, 2.24) is 9.88 Å². The van der Waals surface area contributed by atoms with E-state index >= 15 is 0 Å².